The van der Waals surface area contributed by atoms with Gasteiger partial charge in [0.2, 0.25) is 17.6 Å². The number of nitrogens with zero attached hydrogens (tertiary/aromatic N) is 2. The summed E-state index contributed by atoms with van der Waals surface area (Å²) in [5.41, 5.74) is 1.40. The number of nitrogens with one attached hydrogen (secondary N) is 1. The van der Waals surface area contributed by atoms with Gasteiger partial charge in [-0.05, 0) is 37.1 Å². The molecule has 0 aliphatic rings. The van der Waals surface area contributed by atoms with Crippen molar-refractivity contribution in [1.82, 2.24) is 9.97 Å². The highest BCUT2D eigenvalue weighted by Crippen LogP contribution is 2.31. The number of benzene rings is 1. The molecule has 2 aromatic rings. The van der Waals surface area contributed by atoms with Crippen molar-refractivity contribution in [3.8, 4) is 17.5 Å². The zero-order valence-electron chi connectivity index (χ0n) is 13.1. The number of aromatic hydroxyl groups is 2. The van der Waals surface area contributed by atoms with Crippen LogP contribution in [-0.4, -0.2) is 38.3 Å². The minimum atomic E-state index is -0.833. The van der Waals surface area contributed by atoms with Gasteiger partial charge in [-0.25, -0.2) is 0 Å². The van der Waals surface area contributed by atoms with Crippen LogP contribution in [-0.2, 0) is 0 Å². The molecular weight excluding hydrogens is 334 g/mol. The maximum Gasteiger partial charge on any atom is 0.255 e. The number of anilines is 1. The number of hydrogen-bond acceptors (Lipinski definition) is 7. The minimum Gasteiger partial charge on any atom is -0.496 e. The third-order valence-electron chi connectivity index (χ3n) is 3.23. The van der Waals surface area contributed by atoms with E-state index in [0.29, 0.717) is 11.3 Å². The van der Waals surface area contributed by atoms with Gasteiger partial charge >= 0.3 is 0 Å². The quantitative estimate of drug-likeness (QED) is 0.621. The summed E-state index contributed by atoms with van der Waals surface area (Å²) in [7, 11) is 1.53. The van der Waals surface area contributed by atoms with Gasteiger partial charge in [0.15, 0.2) is 5.69 Å². The van der Waals surface area contributed by atoms with E-state index in [1.807, 2.05) is 0 Å². The molecule has 126 valence electrons. The van der Waals surface area contributed by atoms with Crippen molar-refractivity contribution in [2.24, 2.45) is 0 Å². The lowest BCUT2D eigenvalue weighted by Crippen LogP contribution is -2.14. The molecule has 3 N–H and O–H groups in total. The summed E-state index contributed by atoms with van der Waals surface area (Å²) in [6.45, 7) is 3.57. The lowest BCUT2D eigenvalue weighted by molar-refractivity contribution is 0.102. The van der Waals surface area contributed by atoms with Crippen LogP contribution >= 0.6 is 12.6 Å². The Hall–Kier alpha value is -2.81. The molecule has 0 spiro atoms. The van der Waals surface area contributed by atoms with Gasteiger partial charge in [-0.3, -0.25) is 9.59 Å². The fourth-order valence-electron chi connectivity index (χ4n) is 2.23. The molecule has 2 rings (SSSR count). The molecule has 24 heavy (non-hydrogen) atoms. The van der Waals surface area contributed by atoms with Crippen LogP contribution in [0.15, 0.2) is 12.1 Å². The second-order valence-corrected chi connectivity index (χ2v) is 5.38. The smallest absolute Gasteiger partial charge is 0.255 e. The first kappa shape index (κ1) is 17.5. The number of amides is 1. The molecule has 0 saturated carbocycles. The van der Waals surface area contributed by atoms with Gasteiger partial charge in [-0.1, -0.05) is 12.6 Å². The third kappa shape index (κ3) is 3.40. The van der Waals surface area contributed by atoms with Gasteiger partial charge in [-0.2, -0.15) is 9.97 Å². The number of ether oxygens (including phenoxy) is 1. The highest BCUT2D eigenvalue weighted by atomic mass is 32.1. The zero-order valence-corrected chi connectivity index (χ0v) is 14.0. The predicted molar refractivity (Wildman–Crippen MR) is 89.1 cm³/mol. The molecule has 0 fully saturated rings. The SMILES string of the molecule is COc1c(C)cc(C(=O)Nc2c(O)nc(C(=O)S)nc2O)cc1C. The minimum absolute atomic E-state index is 0.291. The first-order valence-corrected chi connectivity index (χ1v) is 7.19. The Morgan fingerprint density at radius 2 is 1.62 bits per heavy atom. The molecule has 0 radical (unpaired) electrons. The standard InChI is InChI=1S/C15H15N3O5S/c1-6-4-8(5-7(2)10(6)23-3)12(19)16-9-13(20)17-11(15(22)24)18-14(9)21/h4-5H,1-3H3,(H,16,19)(H,22,24)(H2,17,18,20,21). The summed E-state index contributed by atoms with van der Waals surface area (Å²) in [5, 5.41) is 21.0. The van der Waals surface area contributed by atoms with Crippen molar-refractivity contribution in [2.75, 3.05) is 12.4 Å². The number of rotatable bonds is 4. The second-order valence-electron chi connectivity index (χ2n) is 4.97. The number of carbonyl (C=O) groups is 2. The van der Waals surface area contributed by atoms with E-state index >= 15 is 0 Å². The van der Waals surface area contributed by atoms with Crippen LogP contribution in [0.3, 0.4) is 0 Å². The van der Waals surface area contributed by atoms with Crippen molar-refractivity contribution in [3.05, 3.63) is 34.6 Å². The Labute approximate surface area is 142 Å². The van der Waals surface area contributed by atoms with Gasteiger partial charge in [0, 0.05) is 5.56 Å². The Kier molecular flexibility index (Phi) is 4.93. The summed E-state index contributed by atoms with van der Waals surface area (Å²) in [4.78, 5) is 30.3. The monoisotopic (exact) mass is 349 g/mol. The molecule has 0 unspecified atom stereocenters. The van der Waals surface area contributed by atoms with Crippen LogP contribution in [0.2, 0.25) is 0 Å². The molecule has 0 saturated heterocycles. The van der Waals surface area contributed by atoms with Crippen LogP contribution in [0.5, 0.6) is 17.5 Å². The number of thiol groups is 1. The summed E-state index contributed by atoms with van der Waals surface area (Å²) < 4.78 is 5.23. The summed E-state index contributed by atoms with van der Waals surface area (Å²) in [5.74, 6) is -1.90. The van der Waals surface area contributed by atoms with E-state index in [-0.39, 0.29) is 0 Å². The molecular formula is C15H15N3O5S. The Morgan fingerprint density at radius 3 is 2.04 bits per heavy atom. The zero-order chi connectivity index (χ0) is 18.0. The van der Waals surface area contributed by atoms with E-state index in [2.05, 4.69) is 27.9 Å². The van der Waals surface area contributed by atoms with E-state index in [0.717, 1.165) is 11.1 Å². The van der Waals surface area contributed by atoms with Crippen molar-refractivity contribution in [1.29, 1.82) is 0 Å². The molecule has 1 aromatic carbocycles. The van der Waals surface area contributed by atoms with E-state index < -0.39 is 34.3 Å². The summed E-state index contributed by atoms with van der Waals surface area (Å²) in [6.07, 6.45) is 0. The molecule has 0 aliphatic heterocycles. The Balaban J connectivity index is 2.35. The lowest BCUT2D eigenvalue weighted by atomic mass is 10.1. The molecule has 0 bridgehead atoms. The van der Waals surface area contributed by atoms with Gasteiger partial charge in [0.25, 0.3) is 11.0 Å². The second kappa shape index (κ2) is 6.75. The van der Waals surface area contributed by atoms with E-state index in [4.69, 9.17) is 4.74 Å². The van der Waals surface area contributed by atoms with Crippen molar-refractivity contribution < 1.29 is 24.5 Å². The third-order valence-corrected chi connectivity index (χ3v) is 3.43. The Bertz CT molecular complexity index is 792. The Morgan fingerprint density at radius 1 is 1.12 bits per heavy atom. The number of aromatic nitrogens is 2. The summed E-state index contributed by atoms with van der Waals surface area (Å²) in [6, 6.07) is 3.20. The largest absolute Gasteiger partial charge is 0.496 e. The highest BCUT2D eigenvalue weighted by Gasteiger charge is 2.19. The van der Waals surface area contributed by atoms with Crippen LogP contribution in [0, 0.1) is 13.8 Å². The van der Waals surface area contributed by atoms with Crippen LogP contribution < -0.4 is 10.1 Å². The number of carbonyl (C=O) groups excluding carboxylic acids is 2. The molecule has 1 heterocycles. The summed E-state index contributed by atoms with van der Waals surface area (Å²) >= 11 is 3.50. The van der Waals surface area contributed by atoms with Crippen LogP contribution in [0.1, 0.15) is 32.1 Å². The fourth-order valence-corrected chi connectivity index (χ4v) is 2.33. The number of hydrogen-bond donors (Lipinski definition) is 4. The van der Waals surface area contributed by atoms with Gasteiger partial charge in [0.1, 0.15) is 5.75 Å². The van der Waals surface area contributed by atoms with Gasteiger partial charge < -0.3 is 20.3 Å². The van der Waals surface area contributed by atoms with Crippen molar-refractivity contribution in [3.63, 3.8) is 0 Å². The lowest BCUT2D eigenvalue weighted by Gasteiger charge is -2.12. The van der Waals surface area contributed by atoms with Crippen LogP contribution in [0.25, 0.3) is 0 Å². The first-order chi connectivity index (χ1) is 11.2. The number of methoxy groups -OCH3 is 1. The maximum atomic E-state index is 12.3. The average Bonchev–Trinajstić information content (AvgIpc) is 2.49. The molecule has 1 aromatic heterocycles. The van der Waals surface area contributed by atoms with Gasteiger partial charge in [0.05, 0.1) is 7.11 Å². The van der Waals surface area contributed by atoms with Crippen LogP contribution in [0.4, 0.5) is 5.69 Å². The number of aryl methyl sites for hydroxylation is 2. The highest BCUT2D eigenvalue weighted by molar-refractivity contribution is 7.97. The molecule has 9 heteroatoms. The van der Waals surface area contributed by atoms with Crippen molar-refractivity contribution in [2.45, 2.75) is 13.8 Å². The van der Waals surface area contributed by atoms with Gasteiger partial charge in [-0.15, -0.1) is 0 Å². The predicted octanol–water partition coefficient (Wildman–Crippen LogP) is 1.84. The first-order valence-electron chi connectivity index (χ1n) is 6.74. The average molecular weight is 349 g/mol. The molecule has 0 atom stereocenters. The van der Waals surface area contributed by atoms with E-state index in [9.17, 15) is 19.8 Å². The van der Waals surface area contributed by atoms with E-state index in [1.54, 1.807) is 26.0 Å². The molecule has 1 amide bonds. The van der Waals surface area contributed by atoms with Crippen molar-refractivity contribution >= 4 is 29.3 Å². The van der Waals surface area contributed by atoms with E-state index in [1.165, 1.54) is 7.11 Å². The normalized spacial score (nSPS) is 10.3. The maximum absolute atomic E-state index is 12.3. The topological polar surface area (TPSA) is 122 Å². The molecule has 0 aliphatic carbocycles. The molecule has 8 nitrogen and oxygen atoms in total. The fraction of sp³-hybridized carbons (Fsp3) is 0.200.